The summed E-state index contributed by atoms with van der Waals surface area (Å²) in [5.41, 5.74) is 0. The lowest BCUT2D eigenvalue weighted by Gasteiger charge is -2.42. The van der Waals surface area contributed by atoms with Gasteiger partial charge in [-0.25, -0.2) is 0 Å². The van der Waals surface area contributed by atoms with Gasteiger partial charge in [-0.3, -0.25) is 0 Å². The summed E-state index contributed by atoms with van der Waals surface area (Å²) in [6, 6.07) is -0.293. The second-order valence-corrected chi connectivity index (χ2v) is 3.67. The van der Waals surface area contributed by atoms with E-state index in [0.29, 0.717) is 0 Å². The molecule has 0 aliphatic carbocycles. The molecule has 0 aromatic carbocycles. The Morgan fingerprint density at radius 3 is 2.08 bits per heavy atom. The van der Waals surface area contributed by atoms with Crippen LogP contribution in [0.3, 0.4) is 0 Å². The summed E-state index contributed by atoms with van der Waals surface area (Å²) >= 11 is 0. The number of aliphatic hydroxyl groups excluding tert-OH is 3. The first kappa shape index (κ1) is 10.9. The number of nitrogens with zero attached hydrogens (tertiary/aromatic N) is 1. The minimum atomic E-state index is -1.29. The van der Waals surface area contributed by atoms with Crippen molar-refractivity contribution in [3.8, 4) is 0 Å². The first-order valence-corrected chi connectivity index (χ1v) is 4.31. The van der Waals surface area contributed by atoms with E-state index in [1.165, 1.54) is 0 Å². The van der Waals surface area contributed by atoms with E-state index in [-0.39, 0.29) is 12.1 Å². The van der Waals surface area contributed by atoms with Gasteiger partial charge in [-0.05, 0) is 21.0 Å². The zero-order valence-corrected chi connectivity index (χ0v) is 8.08. The van der Waals surface area contributed by atoms with Crippen molar-refractivity contribution in [2.45, 2.75) is 37.6 Å². The Kier molecular flexibility index (Phi) is 3.26. The predicted molar refractivity (Wildman–Crippen MR) is 46.0 cm³/mol. The third-order valence-corrected chi connectivity index (χ3v) is 2.42. The fourth-order valence-corrected chi connectivity index (χ4v) is 1.75. The van der Waals surface area contributed by atoms with Gasteiger partial charge in [-0.1, -0.05) is 0 Å². The highest BCUT2D eigenvalue weighted by molar-refractivity contribution is 4.91. The second-order valence-electron chi connectivity index (χ2n) is 3.67. The number of hydrogen-bond acceptors (Lipinski definition) is 5. The molecular weight excluding hydrogens is 174 g/mol. The summed E-state index contributed by atoms with van der Waals surface area (Å²) in [7, 11) is 3.58. The second kappa shape index (κ2) is 3.89. The summed E-state index contributed by atoms with van der Waals surface area (Å²) < 4.78 is 5.05. The lowest BCUT2D eigenvalue weighted by atomic mass is 9.96. The van der Waals surface area contributed by atoms with E-state index in [1.54, 1.807) is 25.9 Å². The van der Waals surface area contributed by atoms with Gasteiger partial charge in [-0.15, -0.1) is 0 Å². The molecule has 78 valence electrons. The van der Waals surface area contributed by atoms with E-state index in [2.05, 4.69) is 0 Å². The zero-order valence-electron chi connectivity index (χ0n) is 8.08. The minimum Gasteiger partial charge on any atom is -0.388 e. The van der Waals surface area contributed by atoms with Crippen LogP contribution in [0.15, 0.2) is 0 Å². The fourth-order valence-electron chi connectivity index (χ4n) is 1.75. The van der Waals surface area contributed by atoms with Crippen LogP contribution in [0, 0.1) is 0 Å². The van der Waals surface area contributed by atoms with Crippen molar-refractivity contribution < 1.29 is 20.1 Å². The molecule has 0 saturated carbocycles. The zero-order chi connectivity index (χ0) is 10.2. The fraction of sp³-hybridized carbons (Fsp3) is 1.00. The van der Waals surface area contributed by atoms with Crippen molar-refractivity contribution in [1.29, 1.82) is 0 Å². The first-order valence-electron chi connectivity index (χ1n) is 4.31. The molecule has 0 aromatic rings. The van der Waals surface area contributed by atoms with E-state index in [4.69, 9.17) is 9.84 Å². The SMILES string of the molecule is C[C@H]1OC(O)[C@@H](O)[C@H](O)[C@@H]1N(C)C. The normalized spacial score (nSPS) is 46.8. The van der Waals surface area contributed by atoms with E-state index in [1.807, 2.05) is 0 Å². The van der Waals surface area contributed by atoms with Crippen LogP contribution in [0.2, 0.25) is 0 Å². The molecular formula is C8H17NO4. The molecule has 1 saturated heterocycles. The number of aliphatic hydroxyl groups is 3. The number of ether oxygens (including phenoxy) is 1. The average Bonchev–Trinajstić information content (AvgIpc) is 1.99. The average molecular weight is 191 g/mol. The Morgan fingerprint density at radius 2 is 1.62 bits per heavy atom. The van der Waals surface area contributed by atoms with Gasteiger partial charge in [0.15, 0.2) is 6.29 Å². The van der Waals surface area contributed by atoms with Crippen molar-refractivity contribution >= 4 is 0 Å². The molecule has 0 bridgehead atoms. The van der Waals surface area contributed by atoms with Crippen LogP contribution in [-0.2, 0) is 4.74 Å². The van der Waals surface area contributed by atoms with E-state index < -0.39 is 18.5 Å². The molecule has 1 rings (SSSR count). The molecule has 13 heavy (non-hydrogen) atoms. The van der Waals surface area contributed by atoms with Gasteiger partial charge in [0.05, 0.1) is 12.1 Å². The van der Waals surface area contributed by atoms with Crippen LogP contribution >= 0.6 is 0 Å². The smallest absolute Gasteiger partial charge is 0.183 e. The van der Waals surface area contributed by atoms with Crippen molar-refractivity contribution in [2.75, 3.05) is 14.1 Å². The summed E-state index contributed by atoms with van der Waals surface area (Å²) in [5.74, 6) is 0. The molecule has 1 aliphatic rings. The molecule has 5 nitrogen and oxygen atoms in total. The molecule has 5 atom stereocenters. The number of rotatable bonds is 1. The van der Waals surface area contributed by atoms with E-state index >= 15 is 0 Å². The third-order valence-electron chi connectivity index (χ3n) is 2.42. The standard InChI is InChI=1S/C8H17NO4/c1-4-5(9(2)3)6(10)7(11)8(12)13-4/h4-8,10-12H,1-3H3/t4-,5-,6-,7+,8?/m1/s1. The number of likely N-dealkylation sites (N-methyl/N-ethyl adjacent to an activating group) is 1. The van der Waals surface area contributed by atoms with Gasteiger partial charge < -0.3 is 25.0 Å². The molecule has 0 aromatic heterocycles. The predicted octanol–water partition coefficient (Wildman–Crippen LogP) is -1.62. The van der Waals surface area contributed by atoms with Crippen LogP contribution in [0.1, 0.15) is 6.92 Å². The largest absolute Gasteiger partial charge is 0.388 e. The summed E-state index contributed by atoms with van der Waals surface area (Å²) in [5, 5.41) is 28.1. The monoisotopic (exact) mass is 191 g/mol. The lowest BCUT2D eigenvalue weighted by Crippen LogP contribution is -2.61. The molecule has 3 N–H and O–H groups in total. The Balaban J connectivity index is 2.73. The molecule has 1 fully saturated rings. The maximum Gasteiger partial charge on any atom is 0.183 e. The van der Waals surface area contributed by atoms with Crippen LogP contribution < -0.4 is 0 Å². The molecule has 5 heteroatoms. The van der Waals surface area contributed by atoms with Gasteiger partial charge in [-0.2, -0.15) is 0 Å². The van der Waals surface area contributed by atoms with Crippen molar-refractivity contribution in [2.24, 2.45) is 0 Å². The van der Waals surface area contributed by atoms with Crippen LogP contribution in [0.4, 0.5) is 0 Å². The number of hydrogen-bond donors (Lipinski definition) is 3. The Bertz CT molecular complexity index is 176. The molecule has 1 unspecified atom stereocenters. The van der Waals surface area contributed by atoms with Crippen LogP contribution in [0.25, 0.3) is 0 Å². The maximum absolute atomic E-state index is 9.62. The highest BCUT2D eigenvalue weighted by atomic mass is 16.6. The summed E-state index contributed by atoms with van der Waals surface area (Å²) in [4.78, 5) is 1.77. The van der Waals surface area contributed by atoms with E-state index in [9.17, 15) is 10.2 Å². The van der Waals surface area contributed by atoms with Gasteiger partial charge >= 0.3 is 0 Å². The summed E-state index contributed by atoms with van der Waals surface area (Å²) in [6.07, 6.45) is -3.80. The maximum atomic E-state index is 9.62. The van der Waals surface area contributed by atoms with Crippen LogP contribution in [-0.4, -0.2) is 65.0 Å². The molecule has 0 radical (unpaired) electrons. The van der Waals surface area contributed by atoms with Crippen molar-refractivity contribution in [1.82, 2.24) is 4.90 Å². The van der Waals surface area contributed by atoms with Crippen molar-refractivity contribution in [3.05, 3.63) is 0 Å². The molecule has 1 aliphatic heterocycles. The highest BCUT2D eigenvalue weighted by Gasteiger charge is 2.42. The topological polar surface area (TPSA) is 73.2 Å². The Morgan fingerprint density at radius 1 is 1.08 bits per heavy atom. The highest BCUT2D eigenvalue weighted by Crippen LogP contribution is 2.22. The van der Waals surface area contributed by atoms with Gasteiger partial charge in [0.1, 0.15) is 12.2 Å². The third kappa shape index (κ3) is 2.00. The van der Waals surface area contributed by atoms with Gasteiger partial charge in [0.25, 0.3) is 0 Å². The summed E-state index contributed by atoms with van der Waals surface area (Å²) in [6.45, 7) is 1.75. The van der Waals surface area contributed by atoms with Gasteiger partial charge in [0.2, 0.25) is 0 Å². The van der Waals surface area contributed by atoms with E-state index in [0.717, 1.165) is 0 Å². The first-order chi connectivity index (χ1) is 5.95. The quantitative estimate of drug-likeness (QED) is 0.464. The Labute approximate surface area is 77.5 Å². The Hall–Kier alpha value is -0.200. The molecule has 0 amide bonds. The molecule has 0 spiro atoms. The van der Waals surface area contributed by atoms with Gasteiger partial charge in [0, 0.05) is 0 Å². The minimum absolute atomic E-state index is 0.293. The lowest BCUT2D eigenvalue weighted by molar-refractivity contribution is -0.263. The van der Waals surface area contributed by atoms with Crippen molar-refractivity contribution in [3.63, 3.8) is 0 Å². The molecule has 1 heterocycles. The van der Waals surface area contributed by atoms with Crippen LogP contribution in [0.5, 0.6) is 0 Å².